The summed E-state index contributed by atoms with van der Waals surface area (Å²) in [6.45, 7) is 0. The minimum absolute atomic E-state index is 0.715. The largest absolute Gasteiger partial charge is 0.241 e. The maximum absolute atomic E-state index is 9.96. The van der Waals surface area contributed by atoms with Crippen molar-refractivity contribution in [1.29, 1.82) is 0 Å². The van der Waals surface area contributed by atoms with Crippen molar-refractivity contribution in [3.05, 3.63) is 15.9 Å². The van der Waals surface area contributed by atoms with Gasteiger partial charge in [-0.1, -0.05) is 0 Å². The summed E-state index contributed by atoms with van der Waals surface area (Å²) in [6.07, 6.45) is 1.53. The summed E-state index contributed by atoms with van der Waals surface area (Å²) in [7, 11) is 0. The summed E-state index contributed by atoms with van der Waals surface area (Å²) in [4.78, 5) is 13.5. The molecule has 0 amide bonds. The van der Waals surface area contributed by atoms with Gasteiger partial charge in [0.05, 0.1) is 4.70 Å². The van der Waals surface area contributed by atoms with Crippen molar-refractivity contribution in [2.24, 2.45) is 4.99 Å². The molecule has 0 saturated carbocycles. The van der Waals surface area contributed by atoms with Gasteiger partial charge in [0.25, 0.3) is 0 Å². The molecule has 12 heavy (non-hydrogen) atoms. The summed E-state index contributed by atoms with van der Waals surface area (Å²) >= 11 is 6.54. The number of carbonyl (C=O) groups excluding carboxylic acids is 1. The van der Waals surface area contributed by atoms with E-state index in [1.807, 2.05) is 11.4 Å². The quantitative estimate of drug-likeness (QED) is 0.568. The molecule has 0 atom stereocenters. The SMILES string of the molecule is O=C=Nc1cc2scc(Br)c2s1. The van der Waals surface area contributed by atoms with E-state index >= 15 is 0 Å². The third kappa shape index (κ3) is 1.25. The fourth-order valence-corrected chi connectivity index (χ4v) is 3.70. The first-order chi connectivity index (χ1) is 5.81. The Hall–Kier alpha value is -0.480. The van der Waals surface area contributed by atoms with Gasteiger partial charge < -0.3 is 0 Å². The van der Waals surface area contributed by atoms with Crippen molar-refractivity contribution in [2.45, 2.75) is 0 Å². The van der Waals surface area contributed by atoms with Crippen LogP contribution in [0.4, 0.5) is 5.00 Å². The van der Waals surface area contributed by atoms with Gasteiger partial charge in [-0.15, -0.1) is 22.7 Å². The molecule has 0 aromatic carbocycles. The normalized spacial score (nSPS) is 10.1. The maximum Gasteiger partial charge on any atom is 0.241 e. The zero-order valence-electron chi connectivity index (χ0n) is 5.70. The number of hydrogen-bond acceptors (Lipinski definition) is 4. The van der Waals surface area contributed by atoms with Crippen molar-refractivity contribution in [2.75, 3.05) is 0 Å². The molecule has 5 heteroatoms. The van der Waals surface area contributed by atoms with Crippen LogP contribution in [0.15, 0.2) is 20.9 Å². The molecule has 0 unspecified atom stereocenters. The van der Waals surface area contributed by atoms with Crippen molar-refractivity contribution >= 4 is 59.1 Å². The van der Waals surface area contributed by atoms with Gasteiger partial charge in [0.1, 0.15) is 5.00 Å². The first-order valence-corrected chi connectivity index (χ1v) is 5.54. The van der Waals surface area contributed by atoms with Crippen LogP contribution in [0.2, 0.25) is 0 Å². The molecular formula is C7H2BrNOS2. The lowest BCUT2D eigenvalue weighted by atomic mass is 10.5. The molecule has 60 valence electrons. The average Bonchev–Trinajstić information content (AvgIpc) is 2.55. The Morgan fingerprint density at radius 3 is 3.08 bits per heavy atom. The molecule has 2 nitrogen and oxygen atoms in total. The van der Waals surface area contributed by atoms with Crippen LogP contribution in [0.1, 0.15) is 0 Å². The molecule has 0 N–H and O–H groups in total. The highest BCUT2D eigenvalue weighted by Gasteiger charge is 2.05. The Morgan fingerprint density at radius 1 is 1.58 bits per heavy atom. The number of aliphatic imine (C=N–C) groups is 1. The second-order valence-corrected chi connectivity index (χ2v) is 4.86. The first-order valence-electron chi connectivity index (χ1n) is 3.05. The van der Waals surface area contributed by atoms with Gasteiger partial charge in [-0.25, -0.2) is 4.79 Å². The molecule has 0 spiro atoms. The second-order valence-electron chi connectivity index (χ2n) is 2.06. The van der Waals surface area contributed by atoms with Crippen LogP contribution in [0, 0.1) is 0 Å². The van der Waals surface area contributed by atoms with Crippen LogP contribution in [0.3, 0.4) is 0 Å². The van der Waals surface area contributed by atoms with E-state index in [9.17, 15) is 4.79 Å². The third-order valence-corrected chi connectivity index (χ3v) is 4.66. The molecule has 2 rings (SSSR count). The predicted octanol–water partition coefficient (Wildman–Crippen LogP) is 3.69. The molecule has 0 fully saturated rings. The lowest BCUT2D eigenvalue weighted by Crippen LogP contribution is -1.46. The van der Waals surface area contributed by atoms with Gasteiger partial charge in [0, 0.05) is 14.6 Å². The van der Waals surface area contributed by atoms with Gasteiger partial charge in [-0.2, -0.15) is 4.99 Å². The summed E-state index contributed by atoms with van der Waals surface area (Å²) in [5.41, 5.74) is 0. The molecule has 2 aromatic heterocycles. The van der Waals surface area contributed by atoms with Crippen LogP contribution in [-0.2, 0) is 4.79 Å². The summed E-state index contributed by atoms with van der Waals surface area (Å²) in [5.74, 6) is 0. The lowest BCUT2D eigenvalue weighted by Gasteiger charge is -1.76. The van der Waals surface area contributed by atoms with Crippen LogP contribution in [0.25, 0.3) is 9.40 Å². The molecule has 0 aliphatic heterocycles. The molecule has 0 radical (unpaired) electrons. The monoisotopic (exact) mass is 259 g/mol. The van der Waals surface area contributed by atoms with Crippen LogP contribution < -0.4 is 0 Å². The summed E-state index contributed by atoms with van der Waals surface area (Å²) in [5, 5.41) is 2.74. The van der Waals surface area contributed by atoms with Crippen LogP contribution in [0.5, 0.6) is 0 Å². The van der Waals surface area contributed by atoms with Gasteiger partial charge in [-0.05, 0) is 22.0 Å². The maximum atomic E-state index is 9.96. The van der Waals surface area contributed by atoms with Gasteiger partial charge >= 0.3 is 0 Å². The molecule has 0 bridgehead atoms. The van der Waals surface area contributed by atoms with Crippen molar-refractivity contribution in [3.63, 3.8) is 0 Å². The summed E-state index contributed by atoms with van der Waals surface area (Å²) in [6, 6.07) is 1.89. The average molecular weight is 260 g/mol. The van der Waals surface area contributed by atoms with Gasteiger partial charge in [0.15, 0.2) is 0 Å². The van der Waals surface area contributed by atoms with E-state index < -0.39 is 0 Å². The third-order valence-electron chi connectivity index (χ3n) is 1.35. The Kier molecular flexibility index (Phi) is 2.11. The molecule has 0 aliphatic rings. The van der Waals surface area contributed by atoms with E-state index in [4.69, 9.17) is 0 Å². The van der Waals surface area contributed by atoms with Crippen molar-refractivity contribution < 1.29 is 4.79 Å². The first kappa shape index (κ1) is 8.13. The number of isocyanates is 1. The lowest BCUT2D eigenvalue weighted by molar-refractivity contribution is 0.565. The zero-order chi connectivity index (χ0) is 8.55. The van der Waals surface area contributed by atoms with E-state index in [2.05, 4.69) is 20.9 Å². The van der Waals surface area contributed by atoms with E-state index in [1.165, 1.54) is 17.4 Å². The highest BCUT2D eigenvalue weighted by Crippen LogP contribution is 2.40. The van der Waals surface area contributed by atoms with Crippen molar-refractivity contribution in [1.82, 2.24) is 0 Å². The summed E-state index contributed by atoms with van der Waals surface area (Å²) < 4.78 is 3.37. The van der Waals surface area contributed by atoms with E-state index in [0.717, 1.165) is 13.9 Å². The molecule has 2 aromatic rings. The number of thiophene rings is 2. The second kappa shape index (κ2) is 3.11. The standard InChI is InChI=1S/C7H2BrNOS2/c8-4-2-11-5-1-6(9-3-10)12-7(4)5/h1-2H. The Bertz CT molecular complexity index is 467. The fraction of sp³-hybridized carbons (Fsp3) is 0. The van der Waals surface area contributed by atoms with Gasteiger partial charge in [-0.3, -0.25) is 0 Å². The number of nitrogens with zero attached hydrogens (tertiary/aromatic N) is 1. The zero-order valence-corrected chi connectivity index (χ0v) is 8.92. The Morgan fingerprint density at radius 2 is 2.42 bits per heavy atom. The Labute approximate surface area is 84.7 Å². The number of fused-ring (bicyclic) bond motifs is 1. The topological polar surface area (TPSA) is 29.4 Å². The predicted molar refractivity (Wildman–Crippen MR) is 55.2 cm³/mol. The van der Waals surface area contributed by atoms with Crippen LogP contribution >= 0.6 is 38.6 Å². The minimum atomic E-state index is 0.715. The molecular weight excluding hydrogens is 258 g/mol. The number of rotatable bonds is 1. The highest BCUT2D eigenvalue weighted by atomic mass is 79.9. The van der Waals surface area contributed by atoms with Crippen LogP contribution in [-0.4, -0.2) is 6.08 Å². The number of hydrogen-bond donors (Lipinski definition) is 0. The Balaban J connectivity index is 2.70. The van der Waals surface area contributed by atoms with Gasteiger partial charge in [0.2, 0.25) is 6.08 Å². The van der Waals surface area contributed by atoms with Crippen molar-refractivity contribution in [3.8, 4) is 0 Å². The van der Waals surface area contributed by atoms with E-state index in [0.29, 0.717) is 5.00 Å². The highest BCUT2D eigenvalue weighted by molar-refractivity contribution is 9.10. The van der Waals surface area contributed by atoms with E-state index in [1.54, 1.807) is 11.3 Å². The molecule has 2 heterocycles. The fourth-order valence-electron chi connectivity index (χ4n) is 0.885. The van der Waals surface area contributed by atoms with E-state index in [-0.39, 0.29) is 0 Å². The number of halogens is 1. The smallest absolute Gasteiger partial charge is 0.211 e. The minimum Gasteiger partial charge on any atom is -0.211 e. The molecule has 0 aliphatic carbocycles. The molecule has 0 saturated heterocycles.